The van der Waals surface area contributed by atoms with E-state index in [2.05, 4.69) is 21.2 Å². The van der Waals surface area contributed by atoms with Crippen LogP contribution < -0.4 is 5.32 Å². The molecule has 110 valence electrons. The molecule has 1 aliphatic heterocycles. The van der Waals surface area contributed by atoms with Crippen molar-refractivity contribution in [2.45, 2.75) is 19.6 Å². The summed E-state index contributed by atoms with van der Waals surface area (Å²) in [7, 11) is 1.75. The van der Waals surface area contributed by atoms with Crippen LogP contribution in [0.5, 0.6) is 0 Å². The average molecular weight is 367 g/mol. The molecular formula is C15H15BrN2O2S. The van der Waals surface area contributed by atoms with Crippen LogP contribution in [0.2, 0.25) is 0 Å². The molecule has 1 aromatic heterocycles. The minimum atomic E-state index is -0.645. The molecule has 2 heterocycles. The van der Waals surface area contributed by atoms with Crippen LogP contribution in [0.4, 0.5) is 10.5 Å². The molecule has 2 N–H and O–H groups in total. The Morgan fingerprint density at radius 1 is 1.43 bits per heavy atom. The Balaban J connectivity index is 1.93. The maximum absolute atomic E-state index is 11.6. The highest BCUT2D eigenvalue weighted by Gasteiger charge is 2.21. The zero-order valence-electron chi connectivity index (χ0n) is 11.7. The number of fused-ring (bicyclic) bond motifs is 1. The van der Waals surface area contributed by atoms with Crippen molar-refractivity contribution >= 4 is 39.0 Å². The molecule has 21 heavy (non-hydrogen) atoms. The Morgan fingerprint density at radius 3 is 2.86 bits per heavy atom. The van der Waals surface area contributed by atoms with Crippen molar-refractivity contribution in [3.63, 3.8) is 0 Å². The standard InChI is InChI=1S/C15H15BrN2O2S/c1-8-5-12(21-14(8)16)13(19)9-3-4-11-10(6-9)7-18(2)15(20)17-11/h3-6,13,19H,7H2,1-2H3,(H,17,20). The first-order chi connectivity index (χ1) is 9.95. The Morgan fingerprint density at radius 2 is 2.19 bits per heavy atom. The third-order valence-corrected chi connectivity index (χ3v) is 5.78. The lowest BCUT2D eigenvalue weighted by Gasteiger charge is -2.26. The second-order valence-electron chi connectivity index (χ2n) is 5.21. The van der Waals surface area contributed by atoms with Gasteiger partial charge in [0.1, 0.15) is 6.10 Å². The topological polar surface area (TPSA) is 52.6 Å². The van der Waals surface area contributed by atoms with Crippen molar-refractivity contribution in [1.82, 2.24) is 4.90 Å². The molecule has 0 spiro atoms. The zero-order chi connectivity index (χ0) is 15.1. The zero-order valence-corrected chi connectivity index (χ0v) is 14.1. The number of halogens is 1. The number of aliphatic hydroxyl groups excluding tert-OH is 1. The SMILES string of the molecule is Cc1cc(C(O)c2ccc3c(c2)CN(C)C(=O)N3)sc1Br. The Kier molecular flexibility index (Phi) is 3.77. The number of carbonyl (C=O) groups excluding carboxylic acids is 1. The van der Waals surface area contributed by atoms with Gasteiger partial charge in [0.05, 0.1) is 3.79 Å². The van der Waals surface area contributed by atoms with E-state index in [4.69, 9.17) is 0 Å². The van der Waals surface area contributed by atoms with Gasteiger partial charge in [-0.1, -0.05) is 6.07 Å². The molecule has 1 atom stereocenters. The van der Waals surface area contributed by atoms with E-state index in [-0.39, 0.29) is 6.03 Å². The van der Waals surface area contributed by atoms with Crippen LogP contribution in [0.3, 0.4) is 0 Å². The molecule has 1 aliphatic rings. The molecule has 0 fully saturated rings. The molecular weight excluding hydrogens is 352 g/mol. The largest absolute Gasteiger partial charge is 0.383 e. The molecule has 0 radical (unpaired) electrons. The number of anilines is 1. The van der Waals surface area contributed by atoms with Crippen molar-refractivity contribution in [3.8, 4) is 0 Å². The van der Waals surface area contributed by atoms with Crippen LogP contribution in [-0.4, -0.2) is 23.1 Å². The fraction of sp³-hybridized carbons (Fsp3) is 0.267. The third-order valence-electron chi connectivity index (χ3n) is 3.59. The van der Waals surface area contributed by atoms with Crippen LogP contribution in [0.1, 0.15) is 27.7 Å². The van der Waals surface area contributed by atoms with Gasteiger partial charge >= 0.3 is 6.03 Å². The Labute approximate surface area is 135 Å². The number of aryl methyl sites for hydroxylation is 1. The van der Waals surface area contributed by atoms with E-state index in [0.717, 1.165) is 31.0 Å². The lowest BCUT2D eigenvalue weighted by Crippen LogP contribution is -2.35. The highest BCUT2D eigenvalue weighted by molar-refractivity contribution is 9.11. The number of rotatable bonds is 2. The van der Waals surface area contributed by atoms with Crippen LogP contribution in [0.25, 0.3) is 0 Å². The molecule has 0 saturated heterocycles. The van der Waals surface area contributed by atoms with Gasteiger partial charge in [0, 0.05) is 24.2 Å². The number of amides is 2. The predicted octanol–water partition coefficient (Wildman–Crippen LogP) is 3.88. The number of benzene rings is 1. The summed E-state index contributed by atoms with van der Waals surface area (Å²) < 4.78 is 1.04. The number of urea groups is 1. The summed E-state index contributed by atoms with van der Waals surface area (Å²) in [5.74, 6) is 0. The summed E-state index contributed by atoms with van der Waals surface area (Å²) in [6, 6.07) is 7.56. The quantitative estimate of drug-likeness (QED) is 0.847. The number of nitrogens with zero attached hydrogens (tertiary/aromatic N) is 1. The van der Waals surface area contributed by atoms with Crippen molar-refractivity contribution in [3.05, 3.63) is 49.6 Å². The first-order valence-electron chi connectivity index (χ1n) is 6.54. The van der Waals surface area contributed by atoms with Gasteiger partial charge in [0.25, 0.3) is 0 Å². The summed E-state index contributed by atoms with van der Waals surface area (Å²) in [5.41, 5.74) is 3.80. The van der Waals surface area contributed by atoms with Crippen molar-refractivity contribution < 1.29 is 9.90 Å². The smallest absolute Gasteiger partial charge is 0.321 e. The van der Waals surface area contributed by atoms with Crippen LogP contribution in [0, 0.1) is 6.92 Å². The second-order valence-corrected chi connectivity index (χ2v) is 7.61. The van der Waals surface area contributed by atoms with E-state index in [1.807, 2.05) is 31.2 Å². The molecule has 1 aromatic carbocycles. The fourth-order valence-electron chi connectivity index (χ4n) is 2.36. The van der Waals surface area contributed by atoms with Gasteiger partial charge in [-0.3, -0.25) is 0 Å². The molecule has 6 heteroatoms. The average Bonchev–Trinajstić information content (AvgIpc) is 2.79. The Bertz CT molecular complexity index is 694. The summed E-state index contributed by atoms with van der Waals surface area (Å²) in [6.07, 6.45) is -0.645. The fourth-order valence-corrected chi connectivity index (χ4v) is 3.94. The molecule has 4 nitrogen and oxygen atoms in total. The lowest BCUT2D eigenvalue weighted by atomic mass is 10.0. The molecule has 2 amide bonds. The molecule has 0 saturated carbocycles. The number of hydrogen-bond acceptors (Lipinski definition) is 3. The minimum absolute atomic E-state index is 0.103. The number of carbonyl (C=O) groups is 1. The third kappa shape index (κ3) is 2.71. The van der Waals surface area contributed by atoms with Gasteiger partial charge in [0.15, 0.2) is 0 Å². The summed E-state index contributed by atoms with van der Waals surface area (Å²) in [6.45, 7) is 2.56. The normalized spacial score (nSPS) is 15.6. The van der Waals surface area contributed by atoms with Crippen molar-refractivity contribution in [2.24, 2.45) is 0 Å². The van der Waals surface area contributed by atoms with Crippen LogP contribution >= 0.6 is 27.3 Å². The van der Waals surface area contributed by atoms with E-state index in [0.29, 0.717) is 6.54 Å². The predicted molar refractivity (Wildman–Crippen MR) is 87.7 cm³/mol. The van der Waals surface area contributed by atoms with E-state index in [1.165, 1.54) is 0 Å². The molecule has 0 bridgehead atoms. The van der Waals surface area contributed by atoms with Crippen molar-refractivity contribution in [1.29, 1.82) is 0 Å². The Hall–Kier alpha value is -1.37. The number of thiophene rings is 1. The maximum atomic E-state index is 11.6. The highest BCUT2D eigenvalue weighted by Crippen LogP contribution is 2.35. The first-order valence-corrected chi connectivity index (χ1v) is 8.15. The van der Waals surface area contributed by atoms with Crippen LogP contribution in [-0.2, 0) is 6.54 Å². The molecule has 3 rings (SSSR count). The van der Waals surface area contributed by atoms with E-state index < -0.39 is 6.10 Å². The second kappa shape index (κ2) is 5.44. The minimum Gasteiger partial charge on any atom is -0.383 e. The van der Waals surface area contributed by atoms with Gasteiger partial charge in [0.2, 0.25) is 0 Å². The number of nitrogens with one attached hydrogen (secondary N) is 1. The highest BCUT2D eigenvalue weighted by atomic mass is 79.9. The van der Waals surface area contributed by atoms with Crippen LogP contribution in [0.15, 0.2) is 28.1 Å². The number of aliphatic hydroxyl groups is 1. The van der Waals surface area contributed by atoms with Gasteiger partial charge in [-0.15, -0.1) is 11.3 Å². The van der Waals surface area contributed by atoms with E-state index in [1.54, 1.807) is 23.3 Å². The molecule has 0 aliphatic carbocycles. The monoisotopic (exact) mass is 366 g/mol. The molecule has 1 unspecified atom stereocenters. The van der Waals surface area contributed by atoms with Gasteiger partial charge in [-0.25, -0.2) is 4.79 Å². The van der Waals surface area contributed by atoms with Gasteiger partial charge < -0.3 is 15.3 Å². The van der Waals surface area contributed by atoms with E-state index >= 15 is 0 Å². The summed E-state index contributed by atoms with van der Waals surface area (Å²) >= 11 is 5.03. The molecule has 2 aromatic rings. The summed E-state index contributed by atoms with van der Waals surface area (Å²) in [5, 5.41) is 13.4. The lowest BCUT2D eigenvalue weighted by molar-refractivity contribution is 0.217. The van der Waals surface area contributed by atoms with Crippen molar-refractivity contribution in [2.75, 3.05) is 12.4 Å². The number of hydrogen-bond donors (Lipinski definition) is 2. The van der Waals surface area contributed by atoms with Gasteiger partial charge in [-0.2, -0.15) is 0 Å². The first kappa shape index (κ1) is 14.6. The maximum Gasteiger partial charge on any atom is 0.321 e. The summed E-state index contributed by atoms with van der Waals surface area (Å²) in [4.78, 5) is 14.1. The van der Waals surface area contributed by atoms with Gasteiger partial charge in [-0.05, 0) is 57.7 Å². The van der Waals surface area contributed by atoms with E-state index in [9.17, 15) is 9.90 Å².